The molecule has 0 atom stereocenters. The largest absolute Gasteiger partial charge is 0.327 e. The van der Waals surface area contributed by atoms with Crippen LogP contribution in [0.3, 0.4) is 0 Å². The van der Waals surface area contributed by atoms with Crippen LogP contribution < -0.4 is 0 Å². The molecule has 0 N–H and O–H groups in total. The summed E-state index contributed by atoms with van der Waals surface area (Å²) >= 11 is 0. The molecule has 4 aromatic heterocycles. The highest BCUT2D eigenvalue weighted by atomic mass is 15.1. The second-order valence-electron chi connectivity index (χ2n) is 10.3. The minimum Gasteiger partial charge on any atom is -0.327 e. The van der Waals surface area contributed by atoms with Crippen LogP contribution in [0, 0.1) is 0 Å². The Morgan fingerprint density at radius 1 is 0.537 bits per heavy atom. The van der Waals surface area contributed by atoms with Gasteiger partial charge in [-0.15, -0.1) is 0 Å². The van der Waals surface area contributed by atoms with Crippen LogP contribution >= 0.6 is 0 Å². The van der Waals surface area contributed by atoms with E-state index in [1.807, 2.05) is 42.9 Å². The molecule has 41 heavy (non-hydrogen) atoms. The van der Waals surface area contributed by atoms with Crippen molar-refractivity contribution < 1.29 is 0 Å². The lowest BCUT2D eigenvalue weighted by Gasteiger charge is -2.11. The van der Waals surface area contributed by atoms with Crippen LogP contribution in [0.25, 0.3) is 72.3 Å². The molecule has 0 aliphatic heterocycles. The monoisotopic (exact) mass is 527 g/mol. The molecule has 5 heteroatoms. The molecule has 0 radical (unpaired) electrons. The van der Waals surface area contributed by atoms with Gasteiger partial charge < -0.3 is 9.13 Å². The van der Waals surface area contributed by atoms with E-state index < -0.39 is 0 Å². The molecule has 0 aliphatic rings. The predicted octanol–water partition coefficient (Wildman–Crippen LogP) is 8.46. The van der Waals surface area contributed by atoms with Crippen LogP contribution in [0.1, 0.15) is 0 Å². The number of nitrogens with zero attached hydrogens (tertiary/aromatic N) is 5. The van der Waals surface area contributed by atoms with Crippen LogP contribution in [-0.4, -0.2) is 24.1 Å². The van der Waals surface area contributed by atoms with Crippen molar-refractivity contribution in [3.8, 4) is 39.5 Å². The van der Waals surface area contributed by atoms with Gasteiger partial charge in [0.2, 0.25) is 0 Å². The predicted molar refractivity (Wildman–Crippen MR) is 167 cm³/mol. The third-order valence-electron chi connectivity index (χ3n) is 7.89. The summed E-state index contributed by atoms with van der Waals surface area (Å²) in [5.41, 5.74) is 10.8. The highest BCUT2D eigenvalue weighted by Gasteiger charge is 2.16. The van der Waals surface area contributed by atoms with E-state index in [4.69, 9.17) is 9.97 Å². The maximum atomic E-state index is 4.97. The van der Waals surface area contributed by atoms with Gasteiger partial charge in [-0.1, -0.05) is 54.6 Å². The number of hydrogen-bond acceptors (Lipinski definition) is 3. The number of imidazole rings is 1. The van der Waals surface area contributed by atoms with Crippen molar-refractivity contribution in [3.63, 3.8) is 0 Å². The van der Waals surface area contributed by atoms with Crippen molar-refractivity contribution in [1.29, 1.82) is 0 Å². The third-order valence-corrected chi connectivity index (χ3v) is 7.89. The van der Waals surface area contributed by atoms with Crippen LogP contribution in [0.2, 0.25) is 0 Å². The van der Waals surface area contributed by atoms with Gasteiger partial charge in [0.15, 0.2) is 0 Å². The molecule has 5 nitrogen and oxygen atoms in total. The first kappa shape index (κ1) is 23.3. The fraction of sp³-hybridized carbons (Fsp3) is 0.0278. The number of rotatable bonds is 4. The fourth-order valence-corrected chi connectivity index (χ4v) is 5.91. The molecular weight excluding hydrogens is 502 g/mol. The Hall–Kier alpha value is -5.55. The lowest BCUT2D eigenvalue weighted by atomic mass is 10.0. The number of pyridine rings is 2. The zero-order valence-corrected chi connectivity index (χ0v) is 22.4. The number of hydrogen-bond donors (Lipinski definition) is 0. The molecule has 0 saturated heterocycles. The van der Waals surface area contributed by atoms with Gasteiger partial charge in [0.05, 0.1) is 27.8 Å². The zero-order valence-electron chi connectivity index (χ0n) is 22.4. The van der Waals surface area contributed by atoms with Gasteiger partial charge in [-0.3, -0.25) is 9.97 Å². The summed E-state index contributed by atoms with van der Waals surface area (Å²) in [6.45, 7) is 0. The van der Waals surface area contributed by atoms with Crippen LogP contribution in [0.4, 0.5) is 0 Å². The highest BCUT2D eigenvalue weighted by Crippen LogP contribution is 2.36. The maximum absolute atomic E-state index is 4.97. The highest BCUT2D eigenvalue weighted by molar-refractivity contribution is 6.10. The summed E-state index contributed by atoms with van der Waals surface area (Å²) in [5, 5.41) is 2.44. The molecule has 4 heterocycles. The first-order valence-electron chi connectivity index (χ1n) is 13.7. The molecular formula is C36H25N5. The van der Waals surface area contributed by atoms with Crippen LogP contribution in [0.15, 0.2) is 134 Å². The van der Waals surface area contributed by atoms with Gasteiger partial charge >= 0.3 is 0 Å². The summed E-state index contributed by atoms with van der Waals surface area (Å²) < 4.78 is 4.53. The third kappa shape index (κ3) is 3.82. The molecule has 0 unspecified atom stereocenters. The minimum absolute atomic E-state index is 0.933. The summed E-state index contributed by atoms with van der Waals surface area (Å²) in [6, 6.07) is 40.4. The summed E-state index contributed by atoms with van der Waals surface area (Å²) in [5.74, 6) is 0.954. The standard InChI is InChI=1S/C36H25N5/c1-40-34-12-5-3-10-31(34)39-36(40)27-13-14-30-29-9-2-4-11-33(29)41(35(30)23-27)28-8-6-7-26(21-28)32-22-25(17-20-38-32)24-15-18-37-19-16-24/h2-23H,1H3. The Bertz CT molecular complexity index is 2220. The van der Waals surface area contributed by atoms with E-state index >= 15 is 0 Å². The van der Waals surface area contributed by atoms with Gasteiger partial charge in [0.1, 0.15) is 5.82 Å². The van der Waals surface area contributed by atoms with Crippen molar-refractivity contribution in [2.24, 2.45) is 7.05 Å². The van der Waals surface area contributed by atoms with E-state index in [9.17, 15) is 0 Å². The molecule has 0 amide bonds. The van der Waals surface area contributed by atoms with Gasteiger partial charge in [-0.2, -0.15) is 0 Å². The smallest absolute Gasteiger partial charge is 0.140 e. The summed E-state index contributed by atoms with van der Waals surface area (Å²) in [4.78, 5) is 13.9. The van der Waals surface area contributed by atoms with E-state index in [0.717, 1.165) is 56.0 Å². The zero-order chi connectivity index (χ0) is 27.3. The number of aryl methyl sites for hydroxylation is 1. The lowest BCUT2D eigenvalue weighted by Crippen LogP contribution is -1.96. The van der Waals surface area contributed by atoms with Crippen molar-refractivity contribution in [1.82, 2.24) is 24.1 Å². The number of fused-ring (bicyclic) bond motifs is 4. The maximum Gasteiger partial charge on any atom is 0.140 e. The van der Waals surface area contributed by atoms with E-state index in [0.29, 0.717) is 0 Å². The molecule has 0 spiro atoms. The topological polar surface area (TPSA) is 48.5 Å². The Morgan fingerprint density at radius 2 is 1.32 bits per heavy atom. The van der Waals surface area contributed by atoms with Crippen molar-refractivity contribution in [2.75, 3.05) is 0 Å². The van der Waals surface area contributed by atoms with E-state index in [1.54, 1.807) is 0 Å². The SMILES string of the molecule is Cn1c(-c2ccc3c4ccccc4n(-c4cccc(-c5cc(-c6ccncc6)ccn5)c4)c3c2)nc2ccccc21. The summed E-state index contributed by atoms with van der Waals surface area (Å²) in [6.07, 6.45) is 5.52. The first-order chi connectivity index (χ1) is 20.2. The Balaban J connectivity index is 1.31. The molecule has 8 aromatic rings. The molecule has 0 aliphatic carbocycles. The second kappa shape index (κ2) is 9.28. The van der Waals surface area contributed by atoms with Gasteiger partial charge in [0.25, 0.3) is 0 Å². The Morgan fingerprint density at radius 3 is 2.20 bits per heavy atom. The number of benzene rings is 4. The second-order valence-corrected chi connectivity index (χ2v) is 10.3. The summed E-state index contributed by atoms with van der Waals surface area (Å²) in [7, 11) is 2.08. The Kier molecular flexibility index (Phi) is 5.28. The van der Waals surface area contributed by atoms with Crippen molar-refractivity contribution >= 4 is 32.8 Å². The van der Waals surface area contributed by atoms with E-state index in [2.05, 4.69) is 112 Å². The van der Waals surface area contributed by atoms with Crippen LogP contribution in [0.5, 0.6) is 0 Å². The minimum atomic E-state index is 0.933. The molecule has 4 aromatic carbocycles. The van der Waals surface area contributed by atoms with Gasteiger partial charge in [-0.25, -0.2) is 4.98 Å². The van der Waals surface area contributed by atoms with Crippen molar-refractivity contribution in [3.05, 3.63) is 134 Å². The number of aromatic nitrogens is 5. The molecule has 8 rings (SSSR count). The normalized spacial score (nSPS) is 11.5. The number of para-hydroxylation sites is 3. The molecule has 0 fully saturated rings. The quantitative estimate of drug-likeness (QED) is 0.231. The molecule has 0 bridgehead atoms. The molecule has 194 valence electrons. The average molecular weight is 528 g/mol. The molecule has 0 saturated carbocycles. The van der Waals surface area contributed by atoms with Crippen LogP contribution in [-0.2, 0) is 7.05 Å². The first-order valence-corrected chi connectivity index (χ1v) is 13.7. The van der Waals surface area contributed by atoms with Gasteiger partial charge in [0, 0.05) is 53.2 Å². The van der Waals surface area contributed by atoms with E-state index in [1.165, 1.54) is 16.3 Å². The van der Waals surface area contributed by atoms with Crippen molar-refractivity contribution in [2.45, 2.75) is 0 Å². The Labute approximate surface area is 237 Å². The van der Waals surface area contributed by atoms with E-state index in [-0.39, 0.29) is 0 Å². The average Bonchev–Trinajstić information content (AvgIpc) is 3.56. The fourth-order valence-electron chi connectivity index (χ4n) is 5.91. The lowest BCUT2D eigenvalue weighted by molar-refractivity contribution is 0.959. The van der Waals surface area contributed by atoms with Gasteiger partial charge in [-0.05, 0) is 71.8 Å².